The molecule has 0 aromatic rings. The van der Waals surface area contributed by atoms with Gasteiger partial charge in [-0.1, -0.05) is 20.8 Å². The number of nitrogens with zero attached hydrogens (tertiary/aromatic N) is 1. The van der Waals surface area contributed by atoms with Gasteiger partial charge in [0.15, 0.2) is 0 Å². The van der Waals surface area contributed by atoms with Crippen LogP contribution in [0.5, 0.6) is 0 Å². The van der Waals surface area contributed by atoms with Gasteiger partial charge in [0, 0.05) is 6.54 Å². The van der Waals surface area contributed by atoms with Crippen LogP contribution in [-0.2, 0) is 4.79 Å². The first-order chi connectivity index (χ1) is 8.30. The molecule has 0 radical (unpaired) electrons. The van der Waals surface area contributed by atoms with Gasteiger partial charge in [0.05, 0.1) is 6.04 Å². The van der Waals surface area contributed by atoms with Crippen molar-refractivity contribution in [3.63, 3.8) is 0 Å². The van der Waals surface area contributed by atoms with E-state index in [0.29, 0.717) is 0 Å². The standard InChI is InChI=1S/C14H29N3O/c1-14(2,3)12(15)13(18)16-8-5-11-6-9-17(4)10-7-11/h11-12H,5-10,15H2,1-4H3,(H,16,18)/t12-/m0/s1. The van der Waals surface area contributed by atoms with Crippen molar-refractivity contribution in [1.82, 2.24) is 10.2 Å². The molecule has 18 heavy (non-hydrogen) atoms. The average Bonchev–Trinajstić information content (AvgIpc) is 2.29. The summed E-state index contributed by atoms with van der Waals surface area (Å²) < 4.78 is 0. The molecule has 1 aliphatic heterocycles. The average molecular weight is 255 g/mol. The number of amides is 1. The third-order valence-corrected chi connectivity index (χ3v) is 3.91. The van der Waals surface area contributed by atoms with E-state index in [1.807, 2.05) is 20.8 Å². The molecule has 1 heterocycles. The second-order valence-corrected chi connectivity index (χ2v) is 6.67. The summed E-state index contributed by atoms with van der Waals surface area (Å²) >= 11 is 0. The lowest BCUT2D eigenvalue weighted by molar-refractivity contribution is -0.124. The molecule has 0 aromatic carbocycles. The number of carbonyl (C=O) groups excluding carboxylic acids is 1. The number of rotatable bonds is 4. The second kappa shape index (κ2) is 6.53. The fraction of sp³-hybridized carbons (Fsp3) is 0.929. The fourth-order valence-corrected chi connectivity index (χ4v) is 2.25. The van der Waals surface area contributed by atoms with Crippen LogP contribution in [0.15, 0.2) is 0 Å². The zero-order valence-corrected chi connectivity index (χ0v) is 12.3. The lowest BCUT2D eigenvalue weighted by Gasteiger charge is -2.29. The van der Waals surface area contributed by atoms with Gasteiger partial charge in [-0.3, -0.25) is 4.79 Å². The van der Waals surface area contributed by atoms with Crippen LogP contribution in [0.25, 0.3) is 0 Å². The molecule has 1 atom stereocenters. The summed E-state index contributed by atoms with van der Waals surface area (Å²) in [5, 5.41) is 2.97. The lowest BCUT2D eigenvalue weighted by atomic mass is 9.87. The Morgan fingerprint density at radius 1 is 1.39 bits per heavy atom. The Bertz CT molecular complexity index is 265. The quantitative estimate of drug-likeness (QED) is 0.794. The van der Waals surface area contributed by atoms with E-state index in [1.54, 1.807) is 0 Å². The molecule has 1 amide bonds. The molecular formula is C14H29N3O. The van der Waals surface area contributed by atoms with Gasteiger partial charge in [0.25, 0.3) is 0 Å². The first kappa shape index (κ1) is 15.4. The molecule has 1 saturated heterocycles. The molecule has 0 spiro atoms. The highest BCUT2D eigenvalue weighted by atomic mass is 16.2. The van der Waals surface area contributed by atoms with Crippen LogP contribution in [0.3, 0.4) is 0 Å². The van der Waals surface area contributed by atoms with Crippen molar-refractivity contribution in [2.45, 2.75) is 46.1 Å². The second-order valence-electron chi connectivity index (χ2n) is 6.67. The molecular weight excluding hydrogens is 226 g/mol. The Labute approximate surface area is 111 Å². The van der Waals surface area contributed by atoms with E-state index in [4.69, 9.17) is 5.73 Å². The van der Waals surface area contributed by atoms with Crippen LogP contribution in [0.2, 0.25) is 0 Å². The maximum Gasteiger partial charge on any atom is 0.237 e. The summed E-state index contributed by atoms with van der Waals surface area (Å²) in [6.45, 7) is 9.11. The molecule has 1 rings (SSSR count). The number of nitrogens with one attached hydrogen (secondary N) is 1. The van der Waals surface area contributed by atoms with Crippen molar-refractivity contribution in [2.75, 3.05) is 26.7 Å². The number of piperidine rings is 1. The number of hydrogen-bond acceptors (Lipinski definition) is 3. The SMILES string of the molecule is CN1CCC(CCNC(=O)[C@H](N)C(C)(C)C)CC1. The highest BCUT2D eigenvalue weighted by Crippen LogP contribution is 2.19. The summed E-state index contributed by atoms with van der Waals surface area (Å²) in [4.78, 5) is 14.2. The summed E-state index contributed by atoms with van der Waals surface area (Å²) in [5.74, 6) is 0.739. The summed E-state index contributed by atoms with van der Waals surface area (Å²) in [7, 11) is 2.17. The van der Waals surface area contributed by atoms with Gasteiger partial charge in [-0.2, -0.15) is 0 Å². The molecule has 0 bridgehead atoms. The van der Waals surface area contributed by atoms with Crippen LogP contribution in [0.1, 0.15) is 40.0 Å². The predicted molar refractivity (Wildman–Crippen MR) is 75.3 cm³/mol. The van der Waals surface area contributed by atoms with Gasteiger partial charge in [0.1, 0.15) is 0 Å². The van der Waals surface area contributed by atoms with Gasteiger partial charge in [-0.05, 0) is 50.7 Å². The molecule has 1 aliphatic rings. The Morgan fingerprint density at radius 3 is 2.44 bits per heavy atom. The topological polar surface area (TPSA) is 58.4 Å². The van der Waals surface area contributed by atoms with Crippen molar-refractivity contribution >= 4 is 5.91 Å². The van der Waals surface area contributed by atoms with Gasteiger partial charge >= 0.3 is 0 Å². The van der Waals surface area contributed by atoms with Gasteiger partial charge < -0.3 is 16.0 Å². The molecule has 0 aromatic heterocycles. The minimum Gasteiger partial charge on any atom is -0.355 e. The van der Waals surface area contributed by atoms with Crippen molar-refractivity contribution in [1.29, 1.82) is 0 Å². The van der Waals surface area contributed by atoms with Crippen LogP contribution in [-0.4, -0.2) is 43.5 Å². The summed E-state index contributed by atoms with van der Waals surface area (Å²) in [6, 6.07) is -0.421. The lowest BCUT2D eigenvalue weighted by Crippen LogP contribution is -2.49. The van der Waals surface area contributed by atoms with Crippen LogP contribution in [0.4, 0.5) is 0 Å². The number of hydrogen-bond donors (Lipinski definition) is 2. The highest BCUT2D eigenvalue weighted by Gasteiger charge is 2.27. The van der Waals surface area contributed by atoms with Crippen LogP contribution in [0, 0.1) is 11.3 Å². The first-order valence-electron chi connectivity index (χ1n) is 7.02. The number of carbonyl (C=O) groups is 1. The molecule has 0 aliphatic carbocycles. The largest absolute Gasteiger partial charge is 0.355 e. The third kappa shape index (κ3) is 4.94. The minimum atomic E-state index is -0.421. The van der Waals surface area contributed by atoms with Crippen molar-refractivity contribution in [2.24, 2.45) is 17.1 Å². The summed E-state index contributed by atoms with van der Waals surface area (Å²) in [6.07, 6.45) is 3.58. The summed E-state index contributed by atoms with van der Waals surface area (Å²) in [5.41, 5.74) is 5.74. The van der Waals surface area contributed by atoms with Gasteiger partial charge in [-0.15, -0.1) is 0 Å². The van der Waals surface area contributed by atoms with E-state index >= 15 is 0 Å². The molecule has 0 saturated carbocycles. The van der Waals surface area contributed by atoms with E-state index in [-0.39, 0.29) is 11.3 Å². The fourth-order valence-electron chi connectivity index (χ4n) is 2.25. The maximum atomic E-state index is 11.8. The van der Waals surface area contributed by atoms with Crippen LogP contribution >= 0.6 is 0 Å². The molecule has 0 unspecified atom stereocenters. The Hall–Kier alpha value is -0.610. The normalized spacial score (nSPS) is 20.7. The first-order valence-corrected chi connectivity index (χ1v) is 7.02. The smallest absolute Gasteiger partial charge is 0.237 e. The van der Waals surface area contributed by atoms with Gasteiger partial charge in [0.2, 0.25) is 5.91 Å². The monoisotopic (exact) mass is 255 g/mol. The molecule has 106 valence electrons. The Kier molecular flexibility index (Phi) is 5.60. The molecule has 1 fully saturated rings. The molecule has 4 heteroatoms. The third-order valence-electron chi connectivity index (χ3n) is 3.91. The van der Waals surface area contributed by atoms with Crippen molar-refractivity contribution in [3.8, 4) is 0 Å². The Balaban J connectivity index is 2.20. The zero-order valence-electron chi connectivity index (χ0n) is 12.3. The molecule has 4 nitrogen and oxygen atoms in total. The van der Waals surface area contributed by atoms with E-state index < -0.39 is 6.04 Å². The van der Waals surface area contributed by atoms with E-state index in [2.05, 4.69) is 17.3 Å². The Morgan fingerprint density at radius 2 is 1.94 bits per heavy atom. The van der Waals surface area contributed by atoms with Gasteiger partial charge in [-0.25, -0.2) is 0 Å². The molecule has 3 N–H and O–H groups in total. The van der Waals surface area contributed by atoms with E-state index in [1.165, 1.54) is 25.9 Å². The van der Waals surface area contributed by atoms with E-state index in [9.17, 15) is 4.79 Å². The number of nitrogens with two attached hydrogens (primary N) is 1. The van der Waals surface area contributed by atoms with E-state index in [0.717, 1.165) is 18.9 Å². The maximum absolute atomic E-state index is 11.8. The zero-order chi connectivity index (χ0) is 13.8. The predicted octanol–water partition coefficient (Wildman–Crippen LogP) is 1.21. The number of likely N-dealkylation sites (tertiary alicyclic amines) is 1. The van der Waals surface area contributed by atoms with Crippen molar-refractivity contribution in [3.05, 3.63) is 0 Å². The van der Waals surface area contributed by atoms with Crippen molar-refractivity contribution < 1.29 is 4.79 Å². The highest BCUT2D eigenvalue weighted by molar-refractivity contribution is 5.82. The van der Waals surface area contributed by atoms with Crippen LogP contribution < -0.4 is 11.1 Å². The minimum absolute atomic E-state index is 0.0181.